The summed E-state index contributed by atoms with van der Waals surface area (Å²) >= 11 is 2.67. The summed E-state index contributed by atoms with van der Waals surface area (Å²) in [7, 11) is 0.130. The van der Waals surface area contributed by atoms with Crippen molar-refractivity contribution in [2.24, 2.45) is 11.1 Å². The van der Waals surface area contributed by atoms with Gasteiger partial charge in [0.2, 0.25) is 10.2 Å². The summed E-state index contributed by atoms with van der Waals surface area (Å²) < 4.78 is 36.8. The molecule has 0 aliphatic carbocycles. The molecule has 3 aromatic heterocycles. The molecule has 0 spiro atoms. The highest BCUT2D eigenvalue weighted by Gasteiger charge is 2.25. The summed E-state index contributed by atoms with van der Waals surface area (Å²) in [6.45, 7) is 5.33. The number of hydrogen-bond donors (Lipinski definition) is 2. The number of sulfonamides is 1. The fourth-order valence-electron chi connectivity index (χ4n) is 3.92. The Morgan fingerprint density at radius 2 is 2.02 bits per heavy atom. The first-order valence-electron chi connectivity index (χ1n) is 12.5. The summed E-state index contributed by atoms with van der Waals surface area (Å²) in [5.74, 6) is 3.73. The van der Waals surface area contributed by atoms with E-state index in [0.717, 1.165) is 40.9 Å². The van der Waals surface area contributed by atoms with E-state index in [4.69, 9.17) is 14.3 Å². The predicted molar refractivity (Wildman–Crippen MR) is 154 cm³/mol. The lowest BCUT2D eigenvalue weighted by molar-refractivity contribution is -0.125. The van der Waals surface area contributed by atoms with Crippen molar-refractivity contribution in [3.63, 3.8) is 0 Å². The van der Waals surface area contributed by atoms with Crippen molar-refractivity contribution in [1.82, 2.24) is 30.2 Å². The third-order valence-electron chi connectivity index (χ3n) is 5.69. The Bertz CT molecular complexity index is 1540. The lowest BCUT2D eigenvalue weighted by Crippen LogP contribution is -2.36. The summed E-state index contributed by atoms with van der Waals surface area (Å²) in [4.78, 5) is 19.1. The van der Waals surface area contributed by atoms with Crippen molar-refractivity contribution in [2.75, 3.05) is 26.4 Å². The van der Waals surface area contributed by atoms with Gasteiger partial charge in [-0.15, -0.1) is 16.4 Å². The molecule has 0 radical (unpaired) electrons. The Morgan fingerprint density at radius 3 is 2.75 bits per heavy atom. The number of carbonyl (C=O) groups excluding carboxylic acids is 1. The van der Waals surface area contributed by atoms with E-state index in [9.17, 15) is 13.2 Å². The van der Waals surface area contributed by atoms with Crippen molar-refractivity contribution in [2.45, 2.75) is 43.1 Å². The van der Waals surface area contributed by atoms with Crippen molar-refractivity contribution in [3.05, 3.63) is 53.7 Å². The molecule has 0 saturated carbocycles. The van der Waals surface area contributed by atoms with Gasteiger partial charge in [-0.1, -0.05) is 19.1 Å². The van der Waals surface area contributed by atoms with E-state index in [1.807, 2.05) is 40.1 Å². The number of nitrogens with one attached hydrogen (secondary N) is 1. The van der Waals surface area contributed by atoms with Crippen LogP contribution in [0.1, 0.15) is 37.1 Å². The second kappa shape index (κ2) is 13.1. The number of amides is 1. The van der Waals surface area contributed by atoms with Gasteiger partial charge >= 0.3 is 0 Å². The number of nitrogens with zero attached hydrogens (tertiary/aromatic N) is 5. The van der Waals surface area contributed by atoms with Gasteiger partial charge in [-0.05, 0) is 50.3 Å². The van der Waals surface area contributed by atoms with Gasteiger partial charge in [0.1, 0.15) is 35.6 Å². The number of furan rings is 1. The van der Waals surface area contributed by atoms with E-state index < -0.39 is 16.1 Å². The fourth-order valence-corrected chi connectivity index (χ4v) is 6.35. The van der Waals surface area contributed by atoms with E-state index in [2.05, 4.69) is 25.5 Å². The summed E-state index contributed by atoms with van der Waals surface area (Å²) in [5, 5.41) is 16.5. The molecule has 3 heterocycles. The minimum Gasteiger partial charge on any atom is -0.487 e. The average molecular weight is 608 g/mol. The van der Waals surface area contributed by atoms with E-state index in [1.54, 1.807) is 40.8 Å². The Balaban J connectivity index is 1.27. The fraction of sp³-hybridized carbons (Fsp3) is 0.440. The number of hydrogen-bond acceptors (Lipinski definition) is 11. The quantitative estimate of drug-likeness (QED) is 0.204. The molecule has 0 aliphatic heterocycles. The van der Waals surface area contributed by atoms with Gasteiger partial charge in [0.05, 0.1) is 28.7 Å². The maximum atomic E-state index is 13.0. The van der Waals surface area contributed by atoms with Gasteiger partial charge in [-0.2, -0.15) is 11.8 Å². The molecular formula is C25H33N7O5S3. The first-order chi connectivity index (χ1) is 19.0. The molecule has 0 saturated heterocycles. The van der Waals surface area contributed by atoms with Crippen LogP contribution in [0.3, 0.4) is 0 Å². The molecule has 4 rings (SSSR count). The summed E-state index contributed by atoms with van der Waals surface area (Å²) in [6, 6.07) is 8.53. The number of benzene rings is 1. The second-order valence-electron chi connectivity index (χ2n) is 9.77. The maximum absolute atomic E-state index is 13.0. The third kappa shape index (κ3) is 8.04. The molecule has 15 heteroatoms. The minimum absolute atomic E-state index is 0.0110. The topological polar surface area (TPSA) is 158 Å². The van der Waals surface area contributed by atoms with Crippen molar-refractivity contribution < 1.29 is 22.4 Å². The first kappa shape index (κ1) is 30.0. The van der Waals surface area contributed by atoms with Crippen LogP contribution in [0.15, 0.2) is 45.3 Å². The van der Waals surface area contributed by atoms with Crippen LogP contribution in [0.2, 0.25) is 0 Å². The standard InChI is InChI=1S/C25H33N7O5S3/c1-16(2)23(24(33)27-9-10-38-15-20-6-5-19(37-20)13-31(3)4)32-12-17(29-30-32)14-36-18-7-8-21-22(11-18)39-25(28-21)40(26,34)35/h5-8,11-12,16,23H,9-10,13-15H2,1-4H3,(H,27,33)(H2,26,34,35). The molecule has 1 atom stereocenters. The third-order valence-corrected chi connectivity index (χ3v) is 9.01. The molecule has 1 amide bonds. The van der Waals surface area contributed by atoms with Gasteiger partial charge in [0, 0.05) is 12.3 Å². The highest BCUT2D eigenvalue weighted by atomic mass is 32.2. The highest BCUT2D eigenvalue weighted by Crippen LogP contribution is 2.28. The van der Waals surface area contributed by atoms with Gasteiger partial charge in [-0.25, -0.2) is 23.2 Å². The number of primary sulfonamides is 1. The van der Waals surface area contributed by atoms with Gasteiger partial charge < -0.3 is 19.4 Å². The highest BCUT2D eigenvalue weighted by molar-refractivity contribution is 7.98. The number of fused-ring (bicyclic) bond motifs is 1. The molecule has 0 fully saturated rings. The van der Waals surface area contributed by atoms with E-state index in [0.29, 0.717) is 28.2 Å². The number of aromatic nitrogens is 4. The monoisotopic (exact) mass is 607 g/mol. The molecule has 12 nitrogen and oxygen atoms in total. The molecule has 40 heavy (non-hydrogen) atoms. The SMILES string of the molecule is CC(C)C(C(=O)NCCSCc1ccc(CN(C)C)o1)n1cc(COc2ccc3nc(S(N)(=O)=O)sc3c2)nn1. The zero-order valence-electron chi connectivity index (χ0n) is 22.7. The van der Waals surface area contributed by atoms with Crippen LogP contribution < -0.4 is 15.2 Å². The predicted octanol–water partition coefficient (Wildman–Crippen LogP) is 3.02. The van der Waals surface area contributed by atoms with Crippen LogP contribution in [-0.4, -0.2) is 65.6 Å². The van der Waals surface area contributed by atoms with Crippen molar-refractivity contribution in [3.8, 4) is 5.75 Å². The van der Waals surface area contributed by atoms with Gasteiger partial charge in [-0.3, -0.25) is 4.79 Å². The maximum Gasteiger partial charge on any atom is 0.265 e. The molecule has 216 valence electrons. The lowest BCUT2D eigenvalue weighted by atomic mass is 10.0. The smallest absolute Gasteiger partial charge is 0.265 e. The van der Waals surface area contributed by atoms with Crippen molar-refractivity contribution in [1.29, 1.82) is 0 Å². The van der Waals surface area contributed by atoms with Crippen LogP contribution in [0.25, 0.3) is 10.2 Å². The van der Waals surface area contributed by atoms with Gasteiger partial charge in [0.25, 0.3) is 10.0 Å². The van der Waals surface area contributed by atoms with Crippen LogP contribution in [0.5, 0.6) is 5.75 Å². The van der Waals surface area contributed by atoms with Crippen molar-refractivity contribution >= 4 is 49.2 Å². The first-order valence-corrected chi connectivity index (χ1v) is 16.1. The molecular weight excluding hydrogens is 575 g/mol. The number of rotatable bonds is 14. The van der Waals surface area contributed by atoms with Crippen LogP contribution in [-0.2, 0) is 33.7 Å². The average Bonchev–Trinajstić information content (AvgIpc) is 3.61. The van der Waals surface area contributed by atoms with E-state index in [1.165, 1.54) is 0 Å². The van der Waals surface area contributed by atoms with Crippen LogP contribution >= 0.6 is 23.1 Å². The zero-order valence-corrected chi connectivity index (χ0v) is 25.2. The second-order valence-corrected chi connectivity index (χ2v) is 13.6. The van der Waals surface area contributed by atoms with E-state index >= 15 is 0 Å². The summed E-state index contributed by atoms with van der Waals surface area (Å²) in [5.41, 5.74) is 1.07. The molecule has 4 aromatic rings. The molecule has 0 bridgehead atoms. The lowest BCUT2D eigenvalue weighted by Gasteiger charge is -2.20. The molecule has 1 unspecified atom stereocenters. The molecule has 1 aromatic carbocycles. The number of thioether (sulfide) groups is 1. The number of carbonyl (C=O) groups is 1. The number of nitrogens with two attached hydrogens (primary N) is 1. The molecule has 0 aliphatic rings. The zero-order chi connectivity index (χ0) is 28.9. The number of thiazole rings is 1. The van der Waals surface area contributed by atoms with Crippen LogP contribution in [0.4, 0.5) is 0 Å². The van der Waals surface area contributed by atoms with E-state index in [-0.39, 0.29) is 22.8 Å². The summed E-state index contributed by atoms with van der Waals surface area (Å²) in [6.07, 6.45) is 1.70. The Morgan fingerprint density at radius 1 is 1.25 bits per heavy atom. The number of ether oxygens (including phenoxy) is 1. The van der Waals surface area contributed by atoms with Gasteiger partial charge in [0.15, 0.2) is 0 Å². The molecule has 3 N–H and O–H groups in total. The Hall–Kier alpha value is -2.98. The normalized spacial score (nSPS) is 12.9. The largest absolute Gasteiger partial charge is 0.487 e. The Labute approximate surface area is 241 Å². The Kier molecular flexibility index (Phi) is 9.84. The minimum atomic E-state index is -3.87. The van der Waals surface area contributed by atoms with Crippen LogP contribution in [0, 0.1) is 5.92 Å².